The van der Waals surface area contributed by atoms with Crippen LogP contribution < -0.4 is 0 Å². The molecule has 0 saturated heterocycles. The van der Waals surface area contributed by atoms with Gasteiger partial charge in [-0.05, 0) is 31.5 Å². The molecule has 0 radical (unpaired) electrons. The van der Waals surface area contributed by atoms with E-state index in [4.69, 9.17) is 9.52 Å². The summed E-state index contributed by atoms with van der Waals surface area (Å²) in [7, 11) is 1.73. The number of benzene rings is 1. The molecule has 2 heterocycles. The molecule has 2 aromatic heterocycles. The van der Waals surface area contributed by atoms with Crippen molar-refractivity contribution in [3.05, 3.63) is 41.3 Å². The fraction of sp³-hybridized carbons (Fsp3) is 0.200. The molecule has 3 aromatic rings. The van der Waals surface area contributed by atoms with Gasteiger partial charge in [0.25, 0.3) is 0 Å². The highest BCUT2D eigenvalue weighted by atomic mass is 16.4. The first-order valence-electron chi connectivity index (χ1n) is 6.25. The van der Waals surface area contributed by atoms with Crippen molar-refractivity contribution in [2.45, 2.75) is 13.8 Å². The van der Waals surface area contributed by atoms with Crippen LogP contribution in [0.1, 0.15) is 21.8 Å². The second-order valence-electron chi connectivity index (χ2n) is 4.81. The summed E-state index contributed by atoms with van der Waals surface area (Å²) in [5.41, 5.74) is 3.47. The van der Waals surface area contributed by atoms with Gasteiger partial charge < -0.3 is 9.52 Å². The fourth-order valence-electron chi connectivity index (χ4n) is 2.39. The third-order valence-corrected chi connectivity index (χ3v) is 3.58. The van der Waals surface area contributed by atoms with E-state index in [1.165, 1.54) is 0 Å². The Bertz CT molecular complexity index is 827. The molecule has 0 unspecified atom stereocenters. The fourth-order valence-corrected chi connectivity index (χ4v) is 2.39. The minimum Gasteiger partial charge on any atom is -0.476 e. The summed E-state index contributed by atoms with van der Waals surface area (Å²) in [6.07, 6.45) is 0. The number of carboxylic acids is 1. The maximum Gasteiger partial charge on any atom is 0.356 e. The third kappa shape index (κ3) is 1.71. The van der Waals surface area contributed by atoms with E-state index in [-0.39, 0.29) is 5.69 Å². The van der Waals surface area contributed by atoms with Crippen molar-refractivity contribution in [3.8, 4) is 11.3 Å². The molecule has 0 aliphatic carbocycles. The molecule has 5 heteroatoms. The van der Waals surface area contributed by atoms with E-state index in [0.717, 1.165) is 33.6 Å². The number of carboxylic acid groups (broad SMARTS) is 1. The quantitative estimate of drug-likeness (QED) is 0.776. The molecular weight excluding hydrogens is 256 g/mol. The van der Waals surface area contributed by atoms with Crippen LogP contribution in [0.2, 0.25) is 0 Å². The zero-order valence-electron chi connectivity index (χ0n) is 11.5. The van der Waals surface area contributed by atoms with Gasteiger partial charge in [0.2, 0.25) is 0 Å². The first-order valence-corrected chi connectivity index (χ1v) is 6.25. The monoisotopic (exact) mass is 270 g/mol. The number of hydrogen-bond acceptors (Lipinski definition) is 3. The maximum absolute atomic E-state index is 11.0. The van der Waals surface area contributed by atoms with E-state index < -0.39 is 5.97 Å². The molecular formula is C15H14N2O3. The summed E-state index contributed by atoms with van der Waals surface area (Å²) in [6, 6.07) is 7.41. The molecule has 0 bridgehead atoms. The van der Waals surface area contributed by atoms with E-state index in [2.05, 4.69) is 5.10 Å². The van der Waals surface area contributed by atoms with Crippen molar-refractivity contribution >= 4 is 16.9 Å². The molecule has 0 aliphatic rings. The van der Waals surface area contributed by atoms with Crippen molar-refractivity contribution < 1.29 is 14.3 Å². The summed E-state index contributed by atoms with van der Waals surface area (Å²) in [6.45, 7) is 3.93. The highest BCUT2D eigenvalue weighted by Gasteiger charge is 2.17. The van der Waals surface area contributed by atoms with Crippen molar-refractivity contribution in [2.75, 3.05) is 0 Å². The summed E-state index contributed by atoms with van der Waals surface area (Å²) in [5, 5.41) is 14.1. The first kappa shape index (κ1) is 12.5. The minimum atomic E-state index is -1.04. The van der Waals surface area contributed by atoms with Crippen molar-refractivity contribution in [2.24, 2.45) is 7.05 Å². The zero-order valence-corrected chi connectivity index (χ0v) is 11.5. The molecule has 0 spiro atoms. The summed E-state index contributed by atoms with van der Waals surface area (Å²) in [4.78, 5) is 11.0. The summed E-state index contributed by atoms with van der Waals surface area (Å²) < 4.78 is 7.38. The standard InChI is InChI=1S/C15H14N2O3/c1-8-9(2)20-14-10(8)5-4-6-11(14)13-7-12(15(18)19)16-17(13)3/h4-7H,1-3H3,(H,18,19). The van der Waals surface area contributed by atoms with E-state index in [9.17, 15) is 4.79 Å². The van der Waals surface area contributed by atoms with Gasteiger partial charge in [-0.3, -0.25) is 4.68 Å². The average Bonchev–Trinajstić information content (AvgIpc) is 2.92. The molecule has 5 nitrogen and oxygen atoms in total. The highest BCUT2D eigenvalue weighted by molar-refractivity contribution is 5.95. The number of aryl methyl sites for hydroxylation is 3. The number of aromatic carboxylic acids is 1. The molecule has 0 fully saturated rings. The number of rotatable bonds is 2. The first-order chi connectivity index (χ1) is 9.49. The number of aromatic nitrogens is 2. The van der Waals surface area contributed by atoms with Gasteiger partial charge in [0, 0.05) is 18.0 Å². The van der Waals surface area contributed by atoms with Crippen molar-refractivity contribution in [1.29, 1.82) is 0 Å². The van der Waals surface area contributed by atoms with Crippen LogP contribution in [0.5, 0.6) is 0 Å². The van der Waals surface area contributed by atoms with Crippen LogP contribution in [-0.4, -0.2) is 20.9 Å². The Labute approximate surface area is 115 Å². The Kier molecular flexibility index (Phi) is 2.64. The predicted molar refractivity (Wildman–Crippen MR) is 74.8 cm³/mol. The normalized spacial score (nSPS) is 11.2. The van der Waals surface area contributed by atoms with Crippen LogP contribution in [0.3, 0.4) is 0 Å². The van der Waals surface area contributed by atoms with E-state index >= 15 is 0 Å². The summed E-state index contributed by atoms with van der Waals surface area (Å²) >= 11 is 0. The Hall–Kier alpha value is -2.56. The molecule has 0 saturated carbocycles. The lowest BCUT2D eigenvalue weighted by molar-refractivity contribution is 0.0689. The van der Waals surface area contributed by atoms with Gasteiger partial charge >= 0.3 is 5.97 Å². The molecule has 0 aliphatic heterocycles. The Morgan fingerprint density at radius 2 is 2.10 bits per heavy atom. The van der Waals surface area contributed by atoms with Gasteiger partial charge in [-0.2, -0.15) is 5.10 Å². The van der Waals surface area contributed by atoms with Gasteiger partial charge in [0.05, 0.1) is 5.69 Å². The smallest absolute Gasteiger partial charge is 0.356 e. The van der Waals surface area contributed by atoms with Gasteiger partial charge in [0.1, 0.15) is 11.3 Å². The van der Waals surface area contributed by atoms with Gasteiger partial charge in [-0.25, -0.2) is 4.79 Å². The van der Waals surface area contributed by atoms with E-state index in [1.54, 1.807) is 17.8 Å². The second-order valence-corrected chi connectivity index (χ2v) is 4.81. The van der Waals surface area contributed by atoms with Crippen LogP contribution in [-0.2, 0) is 7.05 Å². The van der Waals surface area contributed by atoms with Crippen molar-refractivity contribution in [3.63, 3.8) is 0 Å². The number of nitrogens with zero attached hydrogens (tertiary/aromatic N) is 2. The lowest BCUT2D eigenvalue weighted by atomic mass is 10.1. The number of hydrogen-bond donors (Lipinski definition) is 1. The van der Waals surface area contributed by atoms with Crippen LogP contribution in [0, 0.1) is 13.8 Å². The topological polar surface area (TPSA) is 68.3 Å². The van der Waals surface area contributed by atoms with Gasteiger partial charge in [0.15, 0.2) is 5.69 Å². The average molecular weight is 270 g/mol. The van der Waals surface area contributed by atoms with E-state index in [1.807, 2.05) is 32.0 Å². The van der Waals surface area contributed by atoms with Crippen LogP contribution in [0.15, 0.2) is 28.7 Å². The molecule has 20 heavy (non-hydrogen) atoms. The van der Waals surface area contributed by atoms with Crippen molar-refractivity contribution in [1.82, 2.24) is 9.78 Å². The maximum atomic E-state index is 11.0. The van der Waals surface area contributed by atoms with Gasteiger partial charge in [-0.15, -0.1) is 0 Å². The Morgan fingerprint density at radius 3 is 2.75 bits per heavy atom. The van der Waals surface area contributed by atoms with E-state index in [0.29, 0.717) is 0 Å². The van der Waals surface area contributed by atoms with Crippen LogP contribution in [0.25, 0.3) is 22.2 Å². The number of furan rings is 1. The Balaban J connectivity index is 2.29. The number of fused-ring (bicyclic) bond motifs is 1. The van der Waals surface area contributed by atoms with Crippen LogP contribution >= 0.6 is 0 Å². The minimum absolute atomic E-state index is 0.0273. The highest BCUT2D eigenvalue weighted by Crippen LogP contribution is 2.33. The second kappa shape index (κ2) is 4.23. The largest absolute Gasteiger partial charge is 0.476 e. The molecule has 102 valence electrons. The summed E-state index contributed by atoms with van der Waals surface area (Å²) in [5.74, 6) is -0.168. The molecule has 0 amide bonds. The number of para-hydroxylation sites is 1. The number of carbonyl (C=O) groups is 1. The third-order valence-electron chi connectivity index (χ3n) is 3.58. The lowest BCUT2D eigenvalue weighted by Gasteiger charge is -2.02. The molecule has 1 aromatic carbocycles. The SMILES string of the molecule is Cc1oc2c(-c3cc(C(=O)O)nn3C)cccc2c1C. The van der Waals surface area contributed by atoms with Gasteiger partial charge in [-0.1, -0.05) is 12.1 Å². The zero-order chi connectivity index (χ0) is 14.4. The Morgan fingerprint density at radius 1 is 1.35 bits per heavy atom. The predicted octanol–water partition coefficient (Wildman–Crippen LogP) is 3.15. The van der Waals surface area contributed by atoms with Crippen LogP contribution in [0.4, 0.5) is 0 Å². The molecule has 1 N–H and O–H groups in total. The molecule has 0 atom stereocenters. The molecule has 3 rings (SSSR count). The lowest BCUT2D eigenvalue weighted by Crippen LogP contribution is -1.99.